The van der Waals surface area contributed by atoms with Gasteiger partial charge in [-0.05, 0) is 34.5 Å². The SMILES string of the molecule is COC(CNC(=O)COc1ccccc1F)c1ccsc1. The van der Waals surface area contributed by atoms with E-state index in [1.807, 2.05) is 16.8 Å². The Bertz CT molecular complexity index is 574. The molecule has 0 spiro atoms. The van der Waals surface area contributed by atoms with Gasteiger partial charge < -0.3 is 14.8 Å². The van der Waals surface area contributed by atoms with Crippen molar-refractivity contribution in [3.05, 3.63) is 52.5 Å². The normalized spacial score (nSPS) is 11.9. The summed E-state index contributed by atoms with van der Waals surface area (Å²) in [4.78, 5) is 11.7. The Kier molecular flexibility index (Phi) is 5.71. The van der Waals surface area contributed by atoms with E-state index in [-0.39, 0.29) is 24.4 Å². The molecule has 1 unspecified atom stereocenters. The minimum Gasteiger partial charge on any atom is -0.481 e. The molecule has 1 heterocycles. The van der Waals surface area contributed by atoms with Gasteiger partial charge in [0.1, 0.15) is 6.10 Å². The maximum atomic E-state index is 13.3. The van der Waals surface area contributed by atoms with E-state index in [1.165, 1.54) is 12.1 Å². The minimum atomic E-state index is -0.488. The fourth-order valence-corrected chi connectivity index (χ4v) is 2.46. The maximum Gasteiger partial charge on any atom is 0.258 e. The number of rotatable bonds is 7. The number of carbonyl (C=O) groups is 1. The Morgan fingerprint density at radius 2 is 2.19 bits per heavy atom. The average molecular weight is 309 g/mol. The molecule has 0 saturated heterocycles. The number of thiophene rings is 1. The lowest BCUT2D eigenvalue weighted by atomic mass is 10.2. The van der Waals surface area contributed by atoms with Gasteiger partial charge in [-0.1, -0.05) is 12.1 Å². The first-order chi connectivity index (χ1) is 10.2. The van der Waals surface area contributed by atoms with E-state index in [2.05, 4.69) is 5.32 Å². The summed E-state index contributed by atoms with van der Waals surface area (Å²) >= 11 is 1.57. The molecule has 21 heavy (non-hydrogen) atoms. The first-order valence-corrected chi connectivity index (χ1v) is 7.34. The van der Waals surface area contributed by atoms with Crippen molar-refractivity contribution < 1.29 is 18.7 Å². The van der Waals surface area contributed by atoms with Gasteiger partial charge in [-0.3, -0.25) is 4.79 Å². The largest absolute Gasteiger partial charge is 0.481 e. The van der Waals surface area contributed by atoms with Crippen molar-refractivity contribution in [2.45, 2.75) is 6.10 Å². The highest BCUT2D eigenvalue weighted by atomic mass is 32.1. The van der Waals surface area contributed by atoms with Crippen molar-refractivity contribution in [2.75, 3.05) is 20.3 Å². The van der Waals surface area contributed by atoms with Crippen molar-refractivity contribution >= 4 is 17.2 Å². The van der Waals surface area contributed by atoms with E-state index < -0.39 is 5.82 Å². The number of hydrogen-bond acceptors (Lipinski definition) is 4. The number of para-hydroxylation sites is 1. The van der Waals surface area contributed by atoms with Crippen molar-refractivity contribution in [3.63, 3.8) is 0 Å². The van der Waals surface area contributed by atoms with Gasteiger partial charge in [0.25, 0.3) is 5.91 Å². The Morgan fingerprint density at radius 1 is 1.38 bits per heavy atom. The third-order valence-corrected chi connectivity index (χ3v) is 3.58. The summed E-state index contributed by atoms with van der Waals surface area (Å²) in [5, 5.41) is 6.62. The summed E-state index contributed by atoms with van der Waals surface area (Å²) < 4.78 is 23.8. The number of nitrogens with one attached hydrogen (secondary N) is 1. The van der Waals surface area contributed by atoms with Crippen LogP contribution in [0.2, 0.25) is 0 Å². The summed E-state index contributed by atoms with van der Waals surface area (Å²) in [5.74, 6) is -0.748. The second kappa shape index (κ2) is 7.75. The Labute approximate surface area is 126 Å². The van der Waals surface area contributed by atoms with Gasteiger partial charge in [0.15, 0.2) is 18.2 Å². The summed E-state index contributed by atoms with van der Waals surface area (Å²) in [6.07, 6.45) is -0.200. The molecular weight excluding hydrogens is 293 g/mol. The highest BCUT2D eigenvalue weighted by molar-refractivity contribution is 7.07. The highest BCUT2D eigenvalue weighted by Gasteiger charge is 2.13. The van der Waals surface area contributed by atoms with Crippen LogP contribution in [0, 0.1) is 5.82 Å². The monoisotopic (exact) mass is 309 g/mol. The smallest absolute Gasteiger partial charge is 0.258 e. The van der Waals surface area contributed by atoms with Crippen LogP contribution in [0.1, 0.15) is 11.7 Å². The standard InChI is InChI=1S/C15H16FNO3S/c1-19-14(11-6-7-21-10-11)8-17-15(18)9-20-13-5-3-2-4-12(13)16/h2-7,10,14H,8-9H2,1H3,(H,17,18). The van der Waals surface area contributed by atoms with Gasteiger partial charge in [0, 0.05) is 13.7 Å². The molecule has 1 amide bonds. The summed E-state index contributed by atoms with van der Waals surface area (Å²) in [5.41, 5.74) is 1.01. The molecule has 2 aromatic rings. The van der Waals surface area contributed by atoms with Gasteiger partial charge in [-0.2, -0.15) is 11.3 Å². The average Bonchev–Trinajstić information content (AvgIpc) is 3.01. The number of hydrogen-bond donors (Lipinski definition) is 1. The molecule has 112 valence electrons. The fourth-order valence-electron chi connectivity index (χ4n) is 1.76. The van der Waals surface area contributed by atoms with Crippen LogP contribution < -0.4 is 10.1 Å². The summed E-state index contributed by atoms with van der Waals surface area (Å²) in [6, 6.07) is 7.91. The van der Waals surface area contributed by atoms with Crippen LogP contribution >= 0.6 is 11.3 Å². The summed E-state index contributed by atoms with van der Waals surface area (Å²) in [6.45, 7) is 0.105. The number of ether oxygens (including phenoxy) is 2. The highest BCUT2D eigenvalue weighted by Crippen LogP contribution is 2.18. The molecule has 1 aromatic carbocycles. The number of carbonyl (C=O) groups excluding carboxylic acids is 1. The Morgan fingerprint density at radius 3 is 2.86 bits per heavy atom. The molecule has 0 saturated carbocycles. The molecule has 4 nitrogen and oxygen atoms in total. The van der Waals surface area contributed by atoms with E-state index in [1.54, 1.807) is 30.6 Å². The first kappa shape index (κ1) is 15.5. The molecule has 0 aliphatic heterocycles. The molecule has 0 aliphatic rings. The van der Waals surface area contributed by atoms with E-state index in [4.69, 9.17) is 9.47 Å². The third kappa shape index (κ3) is 4.54. The predicted molar refractivity (Wildman–Crippen MR) is 79.0 cm³/mol. The van der Waals surface area contributed by atoms with Crippen LogP contribution in [0.3, 0.4) is 0 Å². The number of halogens is 1. The zero-order chi connectivity index (χ0) is 15.1. The number of amides is 1. The second-order valence-corrected chi connectivity index (χ2v) is 5.08. The molecule has 0 fully saturated rings. The molecule has 0 bridgehead atoms. The van der Waals surface area contributed by atoms with Gasteiger partial charge in [0.05, 0.1) is 0 Å². The van der Waals surface area contributed by atoms with E-state index >= 15 is 0 Å². The Hall–Kier alpha value is -1.92. The molecule has 1 N–H and O–H groups in total. The van der Waals surface area contributed by atoms with Crippen molar-refractivity contribution in [3.8, 4) is 5.75 Å². The van der Waals surface area contributed by atoms with Crippen molar-refractivity contribution in [1.29, 1.82) is 0 Å². The fraction of sp³-hybridized carbons (Fsp3) is 0.267. The molecule has 0 radical (unpaired) electrons. The molecule has 1 aromatic heterocycles. The number of benzene rings is 1. The van der Waals surface area contributed by atoms with Crippen LogP contribution in [0.5, 0.6) is 5.75 Å². The van der Waals surface area contributed by atoms with Gasteiger partial charge in [-0.25, -0.2) is 4.39 Å². The van der Waals surface area contributed by atoms with Crippen LogP contribution in [0.25, 0.3) is 0 Å². The maximum absolute atomic E-state index is 13.3. The quantitative estimate of drug-likeness (QED) is 0.855. The lowest BCUT2D eigenvalue weighted by molar-refractivity contribution is -0.123. The first-order valence-electron chi connectivity index (χ1n) is 6.39. The summed E-state index contributed by atoms with van der Waals surface area (Å²) in [7, 11) is 1.59. The zero-order valence-corrected chi connectivity index (χ0v) is 12.4. The van der Waals surface area contributed by atoms with Crippen molar-refractivity contribution in [1.82, 2.24) is 5.32 Å². The lowest BCUT2D eigenvalue weighted by Gasteiger charge is -2.15. The Balaban J connectivity index is 1.78. The van der Waals surface area contributed by atoms with Crippen LogP contribution in [0.15, 0.2) is 41.1 Å². The van der Waals surface area contributed by atoms with Crippen LogP contribution in [-0.2, 0) is 9.53 Å². The zero-order valence-electron chi connectivity index (χ0n) is 11.5. The van der Waals surface area contributed by atoms with Gasteiger partial charge in [-0.15, -0.1) is 0 Å². The molecule has 0 aliphatic carbocycles. The molecule has 1 atom stereocenters. The van der Waals surface area contributed by atoms with Crippen LogP contribution in [-0.4, -0.2) is 26.2 Å². The van der Waals surface area contributed by atoms with E-state index in [9.17, 15) is 9.18 Å². The van der Waals surface area contributed by atoms with E-state index in [0.29, 0.717) is 6.54 Å². The molecular formula is C15H16FNO3S. The third-order valence-electron chi connectivity index (χ3n) is 2.88. The second-order valence-electron chi connectivity index (χ2n) is 4.30. The van der Waals surface area contributed by atoms with Crippen LogP contribution in [0.4, 0.5) is 4.39 Å². The number of methoxy groups -OCH3 is 1. The molecule has 2 rings (SSSR count). The van der Waals surface area contributed by atoms with Crippen molar-refractivity contribution in [2.24, 2.45) is 0 Å². The van der Waals surface area contributed by atoms with Gasteiger partial charge >= 0.3 is 0 Å². The lowest BCUT2D eigenvalue weighted by Crippen LogP contribution is -2.33. The molecule has 6 heteroatoms. The predicted octanol–water partition coefficient (Wildman–Crippen LogP) is 2.77. The van der Waals surface area contributed by atoms with E-state index in [0.717, 1.165) is 5.56 Å². The van der Waals surface area contributed by atoms with Gasteiger partial charge in [0.2, 0.25) is 0 Å². The minimum absolute atomic E-state index is 0.0637. The topological polar surface area (TPSA) is 47.6 Å².